The first-order valence-electron chi connectivity index (χ1n) is 11.8. The molecule has 3 fully saturated rings. The molecule has 5 atom stereocenters. The highest BCUT2D eigenvalue weighted by Crippen LogP contribution is 2.66. The second kappa shape index (κ2) is 9.48. The lowest BCUT2D eigenvalue weighted by Gasteiger charge is -2.34. The van der Waals surface area contributed by atoms with Crippen LogP contribution in [0, 0.1) is 18.8 Å². The van der Waals surface area contributed by atoms with Gasteiger partial charge in [-0.1, -0.05) is 54.1 Å². The van der Waals surface area contributed by atoms with Gasteiger partial charge in [0.1, 0.15) is 6.04 Å². The Hall–Kier alpha value is -2.55. The van der Waals surface area contributed by atoms with Crippen LogP contribution in [0.3, 0.4) is 0 Å². The molecule has 3 heterocycles. The number of amides is 3. The lowest BCUT2D eigenvalue weighted by molar-refractivity contribution is -0.139. The Labute approximate surface area is 213 Å². The minimum Gasteiger partial charge on any atom is -0.395 e. The number of nitrogens with zero attached hydrogens (tertiary/aromatic N) is 1. The topological polar surface area (TPSA) is 98.7 Å². The number of rotatable bonds is 7. The van der Waals surface area contributed by atoms with Gasteiger partial charge in [-0.2, -0.15) is 0 Å². The molecule has 2 bridgehead atoms. The number of halogens is 1. The molecule has 2 aromatic rings. The number of anilines is 1. The molecule has 0 saturated carbocycles. The fourth-order valence-electron chi connectivity index (χ4n) is 5.99. The summed E-state index contributed by atoms with van der Waals surface area (Å²) in [5, 5.41) is 16.1. The van der Waals surface area contributed by atoms with E-state index < -0.39 is 22.6 Å². The molecule has 9 heteroatoms. The number of fused-ring (bicyclic) bond motifs is 1. The Morgan fingerprint density at radius 3 is 2.66 bits per heavy atom. The zero-order valence-corrected chi connectivity index (χ0v) is 20.9. The molecule has 7 nitrogen and oxygen atoms in total. The van der Waals surface area contributed by atoms with Crippen molar-refractivity contribution < 1.29 is 19.5 Å². The Morgan fingerprint density at radius 1 is 1.17 bits per heavy atom. The number of benzene rings is 2. The monoisotopic (exact) mass is 513 g/mol. The number of hydrogen-bond donors (Lipinski definition) is 3. The molecule has 2 aromatic carbocycles. The van der Waals surface area contributed by atoms with E-state index in [-0.39, 0.29) is 36.1 Å². The molecule has 2 unspecified atom stereocenters. The molecule has 0 radical (unpaired) electrons. The number of aliphatic hydroxyl groups excluding tert-OH is 1. The van der Waals surface area contributed by atoms with Gasteiger partial charge in [-0.05, 0) is 37.0 Å². The number of carbonyl (C=O) groups is 3. The van der Waals surface area contributed by atoms with E-state index in [1.165, 1.54) is 4.90 Å². The minimum absolute atomic E-state index is 0.0200. The van der Waals surface area contributed by atoms with Crippen LogP contribution >= 0.6 is 23.4 Å². The maximum atomic E-state index is 13.7. The summed E-state index contributed by atoms with van der Waals surface area (Å²) >= 11 is 7.95. The quantitative estimate of drug-likeness (QED) is 0.528. The normalized spacial score (nSPS) is 28.8. The van der Waals surface area contributed by atoms with Gasteiger partial charge < -0.3 is 20.6 Å². The summed E-state index contributed by atoms with van der Waals surface area (Å²) in [4.78, 5) is 42.2. The first kappa shape index (κ1) is 24.2. The summed E-state index contributed by atoms with van der Waals surface area (Å²) in [7, 11) is 0. The van der Waals surface area contributed by atoms with E-state index in [0.29, 0.717) is 23.7 Å². The van der Waals surface area contributed by atoms with E-state index in [0.717, 1.165) is 17.5 Å². The summed E-state index contributed by atoms with van der Waals surface area (Å²) in [6.45, 7) is 2.02. The van der Waals surface area contributed by atoms with Crippen LogP contribution in [-0.4, -0.2) is 56.9 Å². The molecule has 3 N–H and O–H groups in total. The van der Waals surface area contributed by atoms with Gasteiger partial charge in [0.2, 0.25) is 17.7 Å². The first-order valence-corrected chi connectivity index (χ1v) is 13.1. The molecule has 0 aromatic heterocycles. The third-order valence-corrected chi connectivity index (χ3v) is 9.74. The fourth-order valence-corrected chi connectivity index (χ4v) is 8.48. The van der Waals surface area contributed by atoms with Crippen molar-refractivity contribution in [3.05, 3.63) is 64.7 Å². The summed E-state index contributed by atoms with van der Waals surface area (Å²) in [5.74, 6) is -1.82. The number of thioether (sulfide) groups is 1. The second-order valence-electron chi connectivity index (χ2n) is 9.44. The lowest BCUT2D eigenvalue weighted by Crippen LogP contribution is -2.52. The van der Waals surface area contributed by atoms with Crippen molar-refractivity contribution in [3.8, 4) is 0 Å². The number of hydrogen-bond acceptors (Lipinski definition) is 5. The minimum atomic E-state index is -0.787. The van der Waals surface area contributed by atoms with Crippen LogP contribution in [-0.2, 0) is 20.9 Å². The number of β-amino-alcohol motifs (C(OH)–C–C–N with tert-alkyl or cyclic N) is 1. The van der Waals surface area contributed by atoms with Crippen LogP contribution < -0.4 is 10.6 Å². The smallest absolute Gasteiger partial charge is 0.248 e. The third kappa shape index (κ3) is 4.01. The van der Waals surface area contributed by atoms with Crippen LogP contribution in [0.25, 0.3) is 0 Å². The van der Waals surface area contributed by atoms with Crippen LogP contribution in [0.4, 0.5) is 5.69 Å². The van der Waals surface area contributed by atoms with Crippen LogP contribution in [0.5, 0.6) is 0 Å². The van der Waals surface area contributed by atoms with E-state index in [2.05, 4.69) is 10.6 Å². The molecule has 1 spiro atoms. The first-order chi connectivity index (χ1) is 16.9. The zero-order chi connectivity index (χ0) is 24.7. The standard InChI is InChI=1S/C26H28ClN3O4S/c1-15-6-5-9-17(27)21(15)29-24(33)22-26-11-10-18(35-26)19(20(26)25(34)30(22)12-13-31)23(32)28-14-16-7-3-2-4-8-16/h2-9,18-20,22,31H,10-14H2,1H3,(H,28,32)(H,29,33)/t18-,19+,20-,22?,26?/m0/s1. The van der Waals surface area contributed by atoms with Gasteiger partial charge in [0.15, 0.2) is 0 Å². The van der Waals surface area contributed by atoms with Gasteiger partial charge in [-0.25, -0.2) is 0 Å². The summed E-state index contributed by atoms with van der Waals surface area (Å²) in [5.41, 5.74) is 2.32. The Morgan fingerprint density at radius 2 is 1.94 bits per heavy atom. The average Bonchev–Trinajstić information content (AvgIpc) is 3.48. The van der Waals surface area contributed by atoms with Crippen molar-refractivity contribution in [2.75, 3.05) is 18.5 Å². The van der Waals surface area contributed by atoms with Crippen LogP contribution in [0.15, 0.2) is 48.5 Å². The summed E-state index contributed by atoms with van der Waals surface area (Å²) in [6, 6.07) is 14.2. The molecular weight excluding hydrogens is 486 g/mol. The maximum Gasteiger partial charge on any atom is 0.248 e. The fraction of sp³-hybridized carbons (Fsp3) is 0.423. The van der Waals surface area contributed by atoms with Crippen molar-refractivity contribution in [2.24, 2.45) is 11.8 Å². The SMILES string of the molecule is Cc1cccc(Cl)c1NC(=O)C1N(CCO)C(=O)[C@@H]2[C@H](C(=O)NCc3ccccc3)[C@@H]3CCC12S3. The molecule has 184 valence electrons. The predicted molar refractivity (Wildman–Crippen MR) is 136 cm³/mol. The van der Waals surface area contributed by atoms with E-state index in [1.54, 1.807) is 17.8 Å². The highest BCUT2D eigenvalue weighted by Gasteiger charge is 2.73. The van der Waals surface area contributed by atoms with Crippen molar-refractivity contribution in [1.29, 1.82) is 0 Å². The van der Waals surface area contributed by atoms with Gasteiger partial charge >= 0.3 is 0 Å². The number of aliphatic hydroxyl groups is 1. The Balaban J connectivity index is 1.42. The predicted octanol–water partition coefficient (Wildman–Crippen LogP) is 2.99. The number of likely N-dealkylation sites (tertiary alicyclic amines) is 1. The molecule has 0 aliphatic carbocycles. The number of aryl methyl sites for hydroxylation is 1. The molecule has 35 heavy (non-hydrogen) atoms. The van der Waals surface area contributed by atoms with E-state index >= 15 is 0 Å². The van der Waals surface area contributed by atoms with E-state index in [4.69, 9.17) is 11.6 Å². The highest BCUT2D eigenvalue weighted by molar-refractivity contribution is 8.02. The molecule has 3 aliphatic heterocycles. The van der Waals surface area contributed by atoms with Crippen molar-refractivity contribution in [3.63, 3.8) is 0 Å². The Bertz CT molecular complexity index is 1140. The molecule has 3 aliphatic rings. The number of para-hydroxylation sites is 1. The molecule has 5 rings (SSSR count). The number of carbonyl (C=O) groups excluding carboxylic acids is 3. The van der Waals surface area contributed by atoms with Crippen molar-refractivity contribution in [2.45, 2.75) is 42.3 Å². The van der Waals surface area contributed by atoms with Gasteiger partial charge in [0, 0.05) is 18.3 Å². The highest BCUT2D eigenvalue weighted by atomic mass is 35.5. The van der Waals surface area contributed by atoms with Crippen LogP contribution in [0.1, 0.15) is 24.0 Å². The van der Waals surface area contributed by atoms with Gasteiger partial charge in [-0.3, -0.25) is 14.4 Å². The summed E-state index contributed by atoms with van der Waals surface area (Å²) in [6.07, 6.45) is 1.43. The molecule has 3 saturated heterocycles. The van der Waals surface area contributed by atoms with Crippen LogP contribution in [0.2, 0.25) is 5.02 Å². The zero-order valence-electron chi connectivity index (χ0n) is 19.4. The van der Waals surface area contributed by atoms with E-state index in [1.807, 2.05) is 49.4 Å². The van der Waals surface area contributed by atoms with Crippen molar-refractivity contribution >= 4 is 46.8 Å². The summed E-state index contributed by atoms with van der Waals surface area (Å²) < 4.78 is -0.703. The number of nitrogens with one attached hydrogen (secondary N) is 2. The maximum absolute atomic E-state index is 13.7. The van der Waals surface area contributed by atoms with Gasteiger partial charge in [0.25, 0.3) is 0 Å². The second-order valence-corrected chi connectivity index (χ2v) is 11.4. The van der Waals surface area contributed by atoms with Gasteiger partial charge in [0.05, 0.1) is 33.9 Å². The Kier molecular flexibility index (Phi) is 6.55. The molecular formula is C26H28ClN3O4S. The van der Waals surface area contributed by atoms with Crippen molar-refractivity contribution in [1.82, 2.24) is 10.2 Å². The largest absolute Gasteiger partial charge is 0.395 e. The molecule has 3 amide bonds. The van der Waals surface area contributed by atoms with Gasteiger partial charge in [-0.15, -0.1) is 11.8 Å². The third-order valence-electron chi connectivity index (χ3n) is 7.47. The average molecular weight is 514 g/mol. The lowest BCUT2D eigenvalue weighted by atomic mass is 9.70. The van der Waals surface area contributed by atoms with E-state index in [9.17, 15) is 19.5 Å².